The number of alkyl halides is 3. The summed E-state index contributed by atoms with van der Waals surface area (Å²) >= 11 is 0. The number of benzene rings is 1. The smallest absolute Gasteiger partial charge is 0.419 e. The number of rotatable bonds is 8. The van der Waals surface area contributed by atoms with Crippen LogP contribution in [0.15, 0.2) is 18.2 Å². The van der Waals surface area contributed by atoms with Crippen molar-refractivity contribution in [1.82, 2.24) is 0 Å². The third kappa shape index (κ3) is 5.38. The van der Waals surface area contributed by atoms with Crippen molar-refractivity contribution in [2.75, 3.05) is 13.2 Å². The maximum atomic E-state index is 12.9. The topological polar surface area (TPSA) is 49.7 Å². The fourth-order valence-corrected chi connectivity index (χ4v) is 1.77. The lowest BCUT2D eigenvalue weighted by atomic mass is 10.1. The van der Waals surface area contributed by atoms with E-state index in [2.05, 4.69) is 0 Å². The van der Waals surface area contributed by atoms with Gasteiger partial charge in [0.2, 0.25) is 0 Å². The molecule has 114 valence electrons. The van der Waals surface area contributed by atoms with Crippen LogP contribution in [0.1, 0.15) is 36.8 Å². The van der Waals surface area contributed by atoms with Gasteiger partial charge >= 0.3 is 6.18 Å². The number of halogens is 3. The van der Waals surface area contributed by atoms with E-state index in [1.807, 2.05) is 0 Å². The predicted octanol–water partition coefficient (Wildman–Crippen LogP) is 3.13. The second-order valence-corrected chi connectivity index (χ2v) is 4.47. The molecule has 0 fully saturated rings. The van der Waals surface area contributed by atoms with Gasteiger partial charge in [-0.05, 0) is 37.0 Å². The van der Waals surface area contributed by atoms with Crippen molar-refractivity contribution in [3.8, 4) is 5.75 Å². The van der Waals surface area contributed by atoms with E-state index in [1.165, 1.54) is 12.1 Å². The summed E-state index contributed by atoms with van der Waals surface area (Å²) in [4.78, 5) is 0. The van der Waals surface area contributed by atoms with Gasteiger partial charge in [0.05, 0.1) is 18.8 Å². The van der Waals surface area contributed by atoms with Crippen molar-refractivity contribution in [2.45, 2.75) is 38.5 Å². The molecule has 20 heavy (non-hydrogen) atoms. The summed E-state index contributed by atoms with van der Waals surface area (Å²) in [6.07, 6.45) is -1.54. The summed E-state index contributed by atoms with van der Waals surface area (Å²) in [6, 6.07) is 3.56. The van der Waals surface area contributed by atoms with Crippen LogP contribution in [0.25, 0.3) is 0 Å². The zero-order valence-corrected chi connectivity index (χ0v) is 11.1. The van der Waals surface area contributed by atoms with E-state index < -0.39 is 18.3 Å². The third-order valence-corrected chi connectivity index (χ3v) is 2.84. The summed E-state index contributed by atoms with van der Waals surface area (Å²) in [7, 11) is 0. The Bertz CT molecular complexity index is 405. The molecule has 6 heteroatoms. The van der Waals surface area contributed by atoms with Gasteiger partial charge in [0, 0.05) is 6.61 Å². The van der Waals surface area contributed by atoms with Gasteiger partial charge in [-0.15, -0.1) is 0 Å². The highest BCUT2D eigenvalue weighted by Gasteiger charge is 2.34. The summed E-state index contributed by atoms with van der Waals surface area (Å²) < 4.78 is 43.7. The molecule has 0 unspecified atom stereocenters. The fourth-order valence-electron chi connectivity index (χ4n) is 1.77. The van der Waals surface area contributed by atoms with Crippen molar-refractivity contribution >= 4 is 0 Å². The Hall–Kier alpha value is -1.27. The lowest BCUT2D eigenvalue weighted by Crippen LogP contribution is -2.10. The zero-order valence-electron chi connectivity index (χ0n) is 11.1. The Kier molecular flexibility index (Phi) is 6.81. The van der Waals surface area contributed by atoms with E-state index in [0.29, 0.717) is 12.8 Å². The van der Waals surface area contributed by atoms with Crippen LogP contribution in [0, 0.1) is 0 Å². The molecule has 1 aromatic carbocycles. The summed E-state index contributed by atoms with van der Waals surface area (Å²) in [5.74, 6) is -0.211. The van der Waals surface area contributed by atoms with Crippen molar-refractivity contribution < 1.29 is 28.1 Å². The van der Waals surface area contributed by atoms with Crippen molar-refractivity contribution in [3.05, 3.63) is 29.3 Å². The van der Waals surface area contributed by atoms with Crippen molar-refractivity contribution in [1.29, 1.82) is 0 Å². The van der Waals surface area contributed by atoms with Gasteiger partial charge in [-0.25, -0.2) is 0 Å². The Balaban J connectivity index is 2.60. The molecule has 0 saturated carbocycles. The average Bonchev–Trinajstić information content (AvgIpc) is 2.41. The van der Waals surface area contributed by atoms with Gasteiger partial charge in [0.25, 0.3) is 0 Å². The summed E-state index contributed by atoms with van der Waals surface area (Å²) in [6.45, 7) is -0.112. The van der Waals surface area contributed by atoms with E-state index in [1.54, 1.807) is 0 Å². The normalized spacial score (nSPS) is 11.7. The third-order valence-electron chi connectivity index (χ3n) is 2.84. The average molecular weight is 292 g/mol. The van der Waals surface area contributed by atoms with Crippen molar-refractivity contribution in [3.63, 3.8) is 0 Å². The number of ether oxygens (including phenoxy) is 1. The zero-order chi connectivity index (χ0) is 15.0. The van der Waals surface area contributed by atoms with Gasteiger partial charge in [0.15, 0.2) is 0 Å². The first kappa shape index (κ1) is 16.8. The molecule has 0 bridgehead atoms. The van der Waals surface area contributed by atoms with Gasteiger partial charge in [-0.2, -0.15) is 13.2 Å². The van der Waals surface area contributed by atoms with Crippen LogP contribution in [0.3, 0.4) is 0 Å². The van der Waals surface area contributed by atoms with Gasteiger partial charge in [-0.1, -0.05) is 12.5 Å². The first-order valence-electron chi connectivity index (χ1n) is 6.53. The van der Waals surface area contributed by atoms with Gasteiger partial charge in [0.1, 0.15) is 5.75 Å². The minimum Gasteiger partial charge on any atom is -0.493 e. The summed E-state index contributed by atoms with van der Waals surface area (Å²) in [5, 5.41) is 17.5. The number of aliphatic hydroxyl groups is 2. The Morgan fingerprint density at radius 1 is 1.00 bits per heavy atom. The molecule has 3 nitrogen and oxygen atoms in total. The SMILES string of the molecule is OCCCCCCOc1ccc(CO)cc1C(F)(F)F. The summed E-state index contributed by atoms with van der Waals surface area (Å²) in [5.41, 5.74) is -0.660. The highest BCUT2D eigenvalue weighted by Crippen LogP contribution is 2.36. The molecule has 0 amide bonds. The first-order valence-corrected chi connectivity index (χ1v) is 6.53. The molecule has 0 saturated heterocycles. The highest BCUT2D eigenvalue weighted by molar-refractivity contribution is 5.39. The second-order valence-electron chi connectivity index (χ2n) is 4.47. The number of hydrogen-bond acceptors (Lipinski definition) is 3. The monoisotopic (exact) mass is 292 g/mol. The van der Waals surface area contributed by atoms with Crippen LogP contribution in [0.4, 0.5) is 13.2 Å². The second kappa shape index (κ2) is 8.11. The van der Waals surface area contributed by atoms with Crippen molar-refractivity contribution in [2.24, 2.45) is 0 Å². The van der Waals surface area contributed by atoms with E-state index >= 15 is 0 Å². The number of aliphatic hydroxyl groups excluding tert-OH is 2. The largest absolute Gasteiger partial charge is 0.493 e. The van der Waals surface area contributed by atoms with Crippen LogP contribution < -0.4 is 4.74 Å². The Morgan fingerprint density at radius 3 is 2.30 bits per heavy atom. The maximum Gasteiger partial charge on any atom is 0.419 e. The first-order chi connectivity index (χ1) is 9.49. The molecule has 0 aliphatic heterocycles. The van der Waals surface area contributed by atoms with Crippen LogP contribution in [-0.4, -0.2) is 23.4 Å². The molecule has 1 rings (SSSR count). The van der Waals surface area contributed by atoms with E-state index in [-0.39, 0.29) is 24.5 Å². The lowest BCUT2D eigenvalue weighted by molar-refractivity contribution is -0.139. The molecule has 0 spiro atoms. The molecule has 0 radical (unpaired) electrons. The van der Waals surface area contributed by atoms with Gasteiger partial charge < -0.3 is 14.9 Å². The Labute approximate surface area is 116 Å². The molecule has 0 heterocycles. The van der Waals surface area contributed by atoms with Crippen LogP contribution in [0.5, 0.6) is 5.75 Å². The van der Waals surface area contributed by atoms with Gasteiger partial charge in [-0.3, -0.25) is 0 Å². The van der Waals surface area contributed by atoms with E-state index in [9.17, 15) is 13.2 Å². The predicted molar refractivity (Wildman–Crippen MR) is 68.4 cm³/mol. The molecule has 0 aliphatic rings. The molecule has 0 atom stereocenters. The van der Waals surface area contributed by atoms with Crippen LogP contribution >= 0.6 is 0 Å². The standard InChI is InChI=1S/C14H19F3O3/c15-14(16,17)12-9-11(10-19)5-6-13(12)20-8-4-2-1-3-7-18/h5-6,9,18-19H,1-4,7-8,10H2. The lowest BCUT2D eigenvalue weighted by Gasteiger charge is -2.15. The van der Waals surface area contributed by atoms with E-state index in [0.717, 1.165) is 18.9 Å². The molecule has 1 aromatic rings. The highest BCUT2D eigenvalue weighted by atomic mass is 19.4. The quantitative estimate of drug-likeness (QED) is 0.724. The Morgan fingerprint density at radius 2 is 1.70 bits per heavy atom. The minimum absolute atomic E-state index is 0.127. The molecule has 2 N–H and O–H groups in total. The fraction of sp³-hybridized carbons (Fsp3) is 0.571. The molecule has 0 aliphatic carbocycles. The molecule has 0 aromatic heterocycles. The minimum atomic E-state index is -4.50. The maximum absolute atomic E-state index is 12.9. The van der Waals surface area contributed by atoms with E-state index in [4.69, 9.17) is 14.9 Å². The van der Waals surface area contributed by atoms with Crippen LogP contribution in [-0.2, 0) is 12.8 Å². The number of unbranched alkanes of at least 4 members (excludes halogenated alkanes) is 3. The molecular weight excluding hydrogens is 273 g/mol. The number of hydrogen-bond donors (Lipinski definition) is 2. The molecular formula is C14H19F3O3. The van der Waals surface area contributed by atoms with Crippen LogP contribution in [0.2, 0.25) is 0 Å².